The molecule has 0 aliphatic rings. The summed E-state index contributed by atoms with van der Waals surface area (Å²) < 4.78 is 0. The molecule has 0 heterocycles. The molecule has 1 atom stereocenters. The summed E-state index contributed by atoms with van der Waals surface area (Å²) in [5, 5.41) is 11.4. The molecule has 0 rings (SSSR count). The fourth-order valence-electron chi connectivity index (χ4n) is 1.34. The normalized spacial score (nSPS) is 11.4. The van der Waals surface area contributed by atoms with Crippen molar-refractivity contribution in [3.8, 4) is 12.3 Å². The van der Waals surface area contributed by atoms with Crippen molar-refractivity contribution in [1.29, 1.82) is 0 Å². The highest BCUT2D eigenvalue weighted by molar-refractivity contribution is 5.75. The number of nitrogens with zero attached hydrogens (tertiary/aromatic N) is 1. The summed E-state index contributed by atoms with van der Waals surface area (Å²) in [6.07, 6.45) is 6.39. The fourth-order valence-corrected chi connectivity index (χ4v) is 1.34. The average Bonchev–Trinajstić information content (AvgIpc) is 2.28. The van der Waals surface area contributed by atoms with E-state index in [-0.39, 0.29) is 25.0 Å². The zero-order valence-corrected chi connectivity index (χ0v) is 10.4. The van der Waals surface area contributed by atoms with Crippen LogP contribution in [0.5, 0.6) is 0 Å². The highest BCUT2D eigenvalue weighted by Crippen LogP contribution is 1.99. The summed E-state index contributed by atoms with van der Waals surface area (Å²) >= 11 is 0. The molecule has 96 valence electrons. The number of hydrogen-bond acceptors (Lipinski definition) is 2. The lowest BCUT2D eigenvalue weighted by atomic mass is 10.1. The van der Waals surface area contributed by atoms with E-state index in [0.717, 1.165) is 6.42 Å². The first-order valence-corrected chi connectivity index (χ1v) is 5.75. The van der Waals surface area contributed by atoms with E-state index in [1.807, 2.05) is 13.8 Å². The van der Waals surface area contributed by atoms with Gasteiger partial charge in [0.2, 0.25) is 0 Å². The fraction of sp³-hybridized carbons (Fsp3) is 0.667. The van der Waals surface area contributed by atoms with Crippen molar-refractivity contribution >= 4 is 12.0 Å². The summed E-state index contributed by atoms with van der Waals surface area (Å²) in [4.78, 5) is 23.7. The minimum Gasteiger partial charge on any atom is -0.481 e. The van der Waals surface area contributed by atoms with Gasteiger partial charge in [0.25, 0.3) is 0 Å². The van der Waals surface area contributed by atoms with E-state index in [4.69, 9.17) is 11.5 Å². The van der Waals surface area contributed by atoms with Crippen molar-refractivity contribution in [3.05, 3.63) is 0 Å². The molecule has 0 aromatic carbocycles. The number of aliphatic carboxylic acids is 1. The Hall–Kier alpha value is -1.70. The Bertz CT molecular complexity index is 297. The van der Waals surface area contributed by atoms with E-state index in [2.05, 4.69) is 11.2 Å². The number of carboxylic acids is 1. The predicted octanol–water partition coefficient (Wildman–Crippen LogP) is 1.29. The van der Waals surface area contributed by atoms with Gasteiger partial charge in [-0.15, -0.1) is 12.3 Å². The lowest BCUT2D eigenvalue weighted by molar-refractivity contribution is -0.137. The molecule has 17 heavy (non-hydrogen) atoms. The van der Waals surface area contributed by atoms with Crippen molar-refractivity contribution < 1.29 is 14.7 Å². The Balaban J connectivity index is 4.24. The molecule has 0 saturated heterocycles. The molecule has 0 fully saturated rings. The standard InChI is InChI=1S/C12H20N2O3/c1-4-7-10(5-2)13-12(17)14(6-3)9-8-11(15)16/h1,10H,5-9H2,2-3H3,(H,13,17)(H,15,16). The van der Waals surface area contributed by atoms with Gasteiger partial charge in [-0.25, -0.2) is 4.79 Å². The zero-order valence-electron chi connectivity index (χ0n) is 10.4. The number of hydrogen-bond donors (Lipinski definition) is 2. The quantitative estimate of drug-likeness (QED) is 0.659. The van der Waals surface area contributed by atoms with Crippen molar-refractivity contribution in [1.82, 2.24) is 10.2 Å². The Labute approximate surface area is 102 Å². The maximum absolute atomic E-state index is 11.8. The third kappa shape index (κ3) is 6.46. The van der Waals surface area contributed by atoms with Crippen molar-refractivity contribution in [3.63, 3.8) is 0 Å². The number of urea groups is 1. The summed E-state index contributed by atoms with van der Waals surface area (Å²) in [6.45, 7) is 4.44. The summed E-state index contributed by atoms with van der Waals surface area (Å²) in [5.41, 5.74) is 0. The number of carbonyl (C=O) groups is 2. The smallest absolute Gasteiger partial charge is 0.317 e. The molecule has 2 N–H and O–H groups in total. The number of carbonyl (C=O) groups excluding carboxylic acids is 1. The Morgan fingerprint density at radius 3 is 2.53 bits per heavy atom. The van der Waals surface area contributed by atoms with E-state index in [0.29, 0.717) is 13.0 Å². The molecule has 0 spiro atoms. The molecule has 0 bridgehead atoms. The molecular weight excluding hydrogens is 220 g/mol. The van der Waals surface area contributed by atoms with Crippen LogP contribution in [0.3, 0.4) is 0 Å². The first-order chi connectivity index (χ1) is 8.04. The van der Waals surface area contributed by atoms with Gasteiger partial charge in [-0.3, -0.25) is 4.79 Å². The maximum atomic E-state index is 11.8. The zero-order chi connectivity index (χ0) is 13.3. The highest BCUT2D eigenvalue weighted by Gasteiger charge is 2.15. The highest BCUT2D eigenvalue weighted by atomic mass is 16.4. The van der Waals surface area contributed by atoms with Crippen LogP contribution in [0, 0.1) is 12.3 Å². The average molecular weight is 240 g/mol. The van der Waals surface area contributed by atoms with Crippen LogP contribution in [-0.4, -0.2) is 41.1 Å². The number of amides is 2. The van der Waals surface area contributed by atoms with Gasteiger partial charge in [-0.1, -0.05) is 6.92 Å². The van der Waals surface area contributed by atoms with Crippen LogP contribution < -0.4 is 5.32 Å². The van der Waals surface area contributed by atoms with E-state index in [1.54, 1.807) is 0 Å². The molecule has 2 amide bonds. The van der Waals surface area contributed by atoms with E-state index < -0.39 is 5.97 Å². The molecule has 5 heteroatoms. The first kappa shape index (κ1) is 15.3. The van der Waals surface area contributed by atoms with Gasteiger partial charge in [0.1, 0.15) is 0 Å². The summed E-state index contributed by atoms with van der Waals surface area (Å²) in [7, 11) is 0. The van der Waals surface area contributed by atoms with Crippen LogP contribution in [0.4, 0.5) is 4.79 Å². The van der Waals surface area contributed by atoms with Gasteiger partial charge in [-0.05, 0) is 13.3 Å². The second-order valence-electron chi connectivity index (χ2n) is 3.69. The lowest BCUT2D eigenvalue weighted by Crippen LogP contribution is -2.45. The van der Waals surface area contributed by atoms with Gasteiger partial charge in [0, 0.05) is 25.6 Å². The van der Waals surface area contributed by atoms with Gasteiger partial charge in [-0.2, -0.15) is 0 Å². The van der Waals surface area contributed by atoms with Crippen molar-refractivity contribution in [2.45, 2.75) is 39.2 Å². The maximum Gasteiger partial charge on any atom is 0.317 e. The van der Waals surface area contributed by atoms with E-state index >= 15 is 0 Å². The largest absolute Gasteiger partial charge is 0.481 e. The molecular formula is C12H20N2O3. The number of carboxylic acid groups (broad SMARTS) is 1. The van der Waals surface area contributed by atoms with Gasteiger partial charge in [0.15, 0.2) is 0 Å². The number of rotatable bonds is 7. The van der Waals surface area contributed by atoms with Crippen LogP contribution in [0.25, 0.3) is 0 Å². The lowest BCUT2D eigenvalue weighted by Gasteiger charge is -2.23. The molecule has 0 radical (unpaired) electrons. The molecule has 0 aliphatic heterocycles. The van der Waals surface area contributed by atoms with Crippen molar-refractivity contribution in [2.75, 3.05) is 13.1 Å². The molecule has 0 aliphatic carbocycles. The third-order valence-electron chi connectivity index (χ3n) is 2.45. The molecule has 5 nitrogen and oxygen atoms in total. The third-order valence-corrected chi connectivity index (χ3v) is 2.45. The minimum atomic E-state index is -0.910. The second-order valence-corrected chi connectivity index (χ2v) is 3.69. The van der Waals surface area contributed by atoms with Gasteiger partial charge < -0.3 is 15.3 Å². The predicted molar refractivity (Wildman–Crippen MR) is 65.6 cm³/mol. The first-order valence-electron chi connectivity index (χ1n) is 5.75. The molecule has 0 aromatic rings. The monoisotopic (exact) mass is 240 g/mol. The molecule has 0 saturated carbocycles. The number of nitrogens with one attached hydrogen (secondary N) is 1. The topological polar surface area (TPSA) is 69.6 Å². The van der Waals surface area contributed by atoms with Crippen LogP contribution >= 0.6 is 0 Å². The second kappa shape index (κ2) is 8.45. The summed E-state index contributed by atoms with van der Waals surface area (Å²) in [5.74, 6) is 1.59. The van der Waals surface area contributed by atoms with Crippen LogP contribution in [-0.2, 0) is 4.79 Å². The van der Waals surface area contributed by atoms with Gasteiger partial charge in [0.05, 0.1) is 6.42 Å². The SMILES string of the molecule is C#CCC(CC)NC(=O)N(CC)CCC(=O)O. The van der Waals surface area contributed by atoms with E-state index in [1.165, 1.54) is 4.90 Å². The van der Waals surface area contributed by atoms with E-state index in [9.17, 15) is 9.59 Å². The van der Waals surface area contributed by atoms with Crippen LogP contribution in [0.2, 0.25) is 0 Å². The Morgan fingerprint density at radius 2 is 2.12 bits per heavy atom. The minimum absolute atomic E-state index is 0.0484. The van der Waals surface area contributed by atoms with Crippen LogP contribution in [0.15, 0.2) is 0 Å². The molecule has 1 unspecified atom stereocenters. The number of terminal acetylenes is 1. The Kier molecular flexibility index (Phi) is 7.61. The Morgan fingerprint density at radius 1 is 1.47 bits per heavy atom. The van der Waals surface area contributed by atoms with Gasteiger partial charge >= 0.3 is 12.0 Å². The van der Waals surface area contributed by atoms with Crippen LogP contribution in [0.1, 0.15) is 33.1 Å². The molecule has 0 aromatic heterocycles. The van der Waals surface area contributed by atoms with Crippen molar-refractivity contribution in [2.24, 2.45) is 0 Å². The summed E-state index contributed by atoms with van der Waals surface area (Å²) in [6, 6.07) is -0.303.